The molecule has 3 nitrogen and oxygen atoms in total. The van der Waals surface area contributed by atoms with Crippen LogP contribution in [0.4, 0.5) is 11.4 Å². The summed E-state index contributed by atoms with van der Waals surface area (Å²) in [6, 6.07) is 15.1. The fourth-order valence-corrected chi connectivity index (χ4v) is 4.20. The van der Waals surface area contributed by atoms with Crippen LogP contribution in [0.15, 0.2) is 52.3 Å². The second-order valence-corrected chi connectivity index (χ2v) is 7.62. The van der Waals surface area contributed by atoms with E-state index in [2.05, 4.69) is 67.2 Å². The van der Waals surface area contributed by atoms with Crippen molar-refractivity contribution in [1.29, 1.82) is 0 Å². The van der Waals surface area contributed by atoms with E-state index in [0.29, 0.717) is 11.0 Å². The molecule has 0 bridgehead atoms. The number of rotatable bonds is 4. The van der Waals surface area contributed by atoms with E-state index in [1.807, 2.05) is 6.07 Å². The van der Waals surface area contributed by atoms with Crippen molar-refractivity contribution in [3.63, 3.8) is 0 Å². The Balaban J connectivity index is 2.12. The third-order valence-corrected chi connectivity index (χ3v) is 5.28. The van der Waals surface area contributed by atoms with Gasteiger partial charge in [0.1, 0.15) is 4.99 Å². The highest BCUT2D eigenvalue weighted by Crippen LogP contribution is 2.49. The Bertz CT molecular complexity index is 743. The van der Waals surface area contributed by atoms with E-state index in [0.717, 1.165) is 12.1 Å². The maximum atomic E-state index is 5.84. The van der Waals surface area contributed by atoms with Crippen molar-refractivity contribution >= 4 is 40.3 Å². The molecule has 0 saturated heterocycles. The van der Waals surface area contributed by atoms with Gasteiger partial charge in [0.25, 0.3) is 0 Å². The van der Waals surface area contributed by atoms with Crippen molar-refractivity contribution < 1.29 is 0 Å². The lowest BCUT2D eigenvalue weighted by molar-refractivity contribution is 0.380. The third kappa shape index (κ3) is 3.22. The van der Waals surface area contributed by atoms with E-state index in [-0.39, 0.29) is 0 Å². The van der Waals surface area contributed by atoms with Gasteiger partial charge >= 0.3 is 0 Å². The van der Waals surface area contributed by atoms with Gasteiger partial charge in [-0.15, -0.1) is 0 Å². The largest absolute Gasteiger partial charge is 0.389 e. The number of nitrogens with zero attached hydrogens (tertiary/aromatic N) is 2. The number of nitrogens with two attached hydrogens (primary N) is 1. The van der Waals surface area contributed by atoms with Crippen molar-refractivity contribution in [2.24, 2.45) is 5.73 Å². The van der Waals surface area contributed by atoms with Crippen LogP contribution in [0.2, 0.25) is 0 Å². The van der Waals surface area contributed by atoms with Crippen molar-refractivity contribution in [1.82, 2.24) is 4.90 Å². The van der Waals surface area contributed by atoms with Crippen molar-refractivity contribution in [3.8, 4) is 0 Å². The fourth-order valence-electron chi connectivity index (χ4n) is 3.02. The van der Waals surface area contributed by atoms with E-state index in [1.165, 1.54) is 21.2 Å². The highest BCUT2D eigenvalue weighted by Gasteiger charge is 2.27. The molecule has 0 amide bonds. The molecule has 0 fully saturated rings. The van der Waals surface area contributed by atoms with E-state index >= 15 is 0 Å². The molecule has 1 aliphatic rings. The van der Waals surface area contributed by atoms with Gasteiger partial charge in [-0.1, -0.05) is 42.2 Å². The van der Waals surface area contributed by atoms with Crippen LogP contribution in [0.5, 0.6) is 0 Å². The van der Waals surface area contributed by atoms with Crippen LogP contribution in [-0.4, -0.2) is 36.6 Å². The first-order valence-corrected chi connectivity index (χ1v) is 8.84. The molecule has 0 aliphatic carbocycles. The first kappa shape index (κ1) is 16.3. The minimum absolute atomic E-state index is 0.340. The molecular formula is C18H21N3S2. The van der Waals surface area contributed by atoms with Gasteiger partial charge in [-0.3, -0.25) is 0 Å². The second-order valence-electron chi connectivity index (χ2n) is 6.10. The smallest absolute Gasteiger partial charge is 0.104 e. The van der Waals surface area contributed by atoms with Crippen LogP contribution < -0.4 is 10.6 Å². The summed E-state index contributed by atoms with van der Waals surface area (Å²) in [5, 5.41) is 0. The van der Waals surface area contributed by atoms with Gasteiger partial charge in [0.2, 0.25) is 0 Å². The lowest BCUT2D eigenvalue weighted by atomic mass is 10.1. The van der Waals surface area contributed by atoms with E-state index in [9.17, 15) is 0 Å². The Morgan fingerprint density at radius 2 is 1.87 bits per heavy atom. The van der Waals surface area contributed by atoms with Crippen LogP contribution in [0, 0.1) is 0 Å². The molecule has 2 aromatic rings. The standard InChI is InChI=1S/C18H21N3S2/c1-12(11-20(2)3)21-14-6-4-5-7-16(14)23-17-9-8-13(18(19)22)10-15(17)21/h4-10,12H,11H2,1-3H3,(H2,19,22). The van der Waals surface area contributed by atoms with Gasteiger partial charge in [0.05, 0.1) is 11.4 Å². The summed E-state index contributed by atoms with van der Waals surface area (Å²) in [5.41, 5.74) is 9.20. The van der Waals surface area contributed by atoms with E-state index in [1.54, 1.807) is 11.8 Å². The zero-order valence-electron chi connectivity index (χ0n) is 13.6. The number of benzene rings is 2. The lowest BCUT2D eigenvalue weighted by Gasteiger charge is -2.38. The number of likely N-dealkylation sites (N-methyl/N-ethyl adjacent to an activating group) is 1. The number of fused-ring (bicyclic) bond motifs is 2. The molecule has 23 heavy (non-hydrogen) atoms. The number of thiocarbonyl (C=S) groups is 1. The molecular weight excluding hydrogens is 322 g/mol. The summed E-state index contributed by atoms with van der Waals surface area (Å²) in [5.74, 6) is 0. The topological polar surface area (TPSA) is 32.5 Å². The van der Waals surface area contributed by atoms with Crippen molar-refractivity contribution in [2.75, 3.05) is 25.5 Å². The van der Waals surface area contributed by atoms with Gasteiger partial charge in [-0.25, -0.2) is 0 Å². The monoisotopic (exact) mass is 343 g/mol. The van der Waals surface area contributed by atoms with Gasteiger partial charge in [-0.05, 0) is 45.3 Å². The molecule has 0 saturated carbocycles. The molecule has 3 rings (SSSR count). The average molecular weight is 344 g/mol. The molecule has 1 aliphatic heterocycles. The molecule has 5 heteroatoms. The molecule has 0 spiro atoms. The van der Waals surface area contributed by atoms with Crippen LogP contribution in [0.25, 0.3) is 0 Å². The molecule has 2 aromatic carbocycles. The molecule has 1 unspecified atom stereocenters. The predicted octanol–water partition coefficient (Wildman–Crippen LogP) is 3.87. The van der Waals surface area contributed by atoms with Crippen LogP contribution in [-0.2, 0) is 0 Å². The molecule has 2 N–H and O–H groups in total. The molecule has 0 aromatic heterocycles. The highest BCUT2D eigenvalue weighted by atomic mass is 32.2. The normalized spacial score (nSPS) is 14.3. The molecule has 1 atom stereocenters. The van der Waals surface area contributed by atoms with Crippen LogP contribution >= 0.6 is 24.0 Å². The SMILES string of the molecule is CC(CN(C)C)N1c2ccccc2Sc2ccc(C(N)=S)cc21. The van der Waals surface area contributed by atoms with Crippen LogP contribution in [0.3, 0.4) is 0 Å². The zero-order valence-corrected chi connectivity index (χ0v) is 15.2. The van der Waals surface area contributed by atoms with Gasteiger partial charge in [-0.2, -0.15) is 0 Å². The van der Waals surface area contributed by atoms with E-state index < -0.39 is 0 Å². The van der Waals surface area contributed by atoms with Gasteiger partial charge < -0.3 is 15.5 Å². The second kappa shape index (κ2) is 6.51. The summed E-state index contributed by atoms with van der Waals surface area (Å²) in [6.07, 6.45) is 0. The van der Waals surface area contributed by atoms with E-state index in [4.69, 9.17) is 18.0 Å². The molecule has 0 radical (unpaired) electrons. The predicted molar refractivity (Wildman–Crippen MR) is 103 cm³/mol. The number of hydrogen-bond donors (Lipinski definition) is 1. The quantitative estimate of drug-likeness (QED) is 0.852. The first-order valence-electron chi connectivity index (χ1n) is 7.62. The first-order chi connectivity index (χ1) is 11.0. The zero-order chi connectivity index (χ0) is 16.6. The summed E-state index contributed by atoms with van der Waals surface area (Å²) < 4.78 is 0. The summed E-state index contributed by atoms with van der Waals surface area (Å²) in [7, 11) is 4.21. The molecule has 1 heterocycles. The Kier molecular flexibility index (Phi) is 4.62. The number of para-hydroxylation sites is 1. The minimum atomic E-state index is 0.340. The minimum Gasteiger partial charge on any atom is -0.389 e. The average Bonchev–Trinajstić information content (AvgIpc) is 2.51. The lowest BCUT2D eigenvalue weighted by Crippen LogP contribution is -2.38. The number of anilines is 2. The van der Waals surface area contributed by atoms with Gasteiger partial charge in [0, 0.05) is 27.9 Å². The number of hydrogen-bond acceptors (Lipinski definition) is 4. The Labute approximate surface area is 147 Å². The Morgan fingerprint density at radius 3 is 2.57 bits per heavy atom. The maximum Gasteiger partial charge on any atom is 0.104 e. The Morgan fingerprint density at radius 1 is 1.17 bits per heavy atom. The maximum absolute atomic E-state index is 5.84. The summed E-state index contributed by atoms with van der Waals surface area (Å²) in [4.78, 5) is 7.59. The highest BCUT2D eigenvalue weighted by molar-refractivity contribution is 7.99. The van der Waals surface area contributed by atoms with Crippen molar-refractivity contribution in [3.05, 3.63) is 48.0 Å². The van der Waals surface area contributed by atoms with Crippen LogP contribution in [0.1, 0.15) is 12.5 Å². The fraction of sp³-hybridized carbons (Fsp3) is 0.278. The van der Waals surface area contributed by atoms with Crippen molar-refractivity contribution in [2.45, 2.75) is 22.8 Å². The summed E-state index contributed by atoms with van der Waals surface area (Å²) in [6.45, 7) is 3.22. The Hall–Kier alpha value is -1.56. The molecule has 120 valence electrons. The van der Waals surface area contributed by atoms with Gasteiger partial charge in [0.15, 0.2) is 0 Å². The summed E-state index contributed by atoms with van der Waals surface area (Å²) >= 11 is 6.97. The third-order valence-electron chi connectivity index (χ3n) is 3.92.